The van der Waals surface area contributed by atoms with Crippen LogP contribution >= 0.6 is 12.2 Å². The minimum Gasteiger partial charge on any atom is -0.428 e. The molecule has 0 unspecified atom stereocenters. The van der Waals surface area contributed by atoms with Gasteiger partial charge in [-0.15, -0.1) is 0 Å². The van der Waals surface area contributed by atoms with Crippen LogP contribution in [0.5, 0.6) is 0 Å². The van der Waals surface area contributed by atoms with Crippen LogP contribution in [0.3, 0.4) is 0 Å². The zero-order chi connectivity index (χ0) is 5.98. The van der Waals surface area contributed by atoms with Gasteiger partial charge in [0.15, 0.2) is 0 Å². The van der Waals surface area contributed by atoms with Crippen LogP contribution in [-0.4, -0.2) is 9.94 Å². The van der Waals surface area contributed by atoms with Crippen LogP contribution in [0.15, 0.2) is 24.4 Å². The fourth-order valence-electron chi connectivity index (χ4n) is 0.419. The Kier molecular flexibility index (Phi) is 3.78. The van der Waals surface area contributed by atoms with Gasteiger partial charge in [-0.05, 0) is 12.1 Å². The van der Waals surface area contributed by atoms with Gasteiger partial charge in [-0.2, -0.15) is 4.73 Å². The summed E-state index contributed by atoms with van der Waals surface area (Å²) in [7, 11) is 0. The predicted molar refractivity (Wildman–Crippen MR) is 32.5 cm³/mol. The maximum atomic E-state index is 8.73. The molecule has 0 aliphatic carbocycles. The first kappa shape index (κ1) is 8.88. The van der Waals surface area contributed by atoms with E-state index < -0.39 is 0 Å². The summed E-state index contributed by atoms with van der Waals surface area (Å²) in [6, 6.07) is 5.13. The zero-order valence-electron chi connectivity index (χ0n) is 4.61. The third-order valence-electron chi connectivity index (χ3n) is 0.803. The van der Waals surface area contributed by atoms with Crippen molar-refractivity contribution in [1.82, 2.24) is 4.73 Å². The molecule has 1 aromatic heterocycles. The number of hydrogen-bond acceptors (Lipinski definition) is 2. The Hall–Kier alpha value is -0.116. The van der Waals surface area contributed by atoms with Crippen molar-refractivity contribution < 1.29 is 26.9 Å². The summed E-state index contributed by atoms with van der Waals surface area (Å²) in [5.41, 5.74) is 0. The summed E-state index contributed by atoms with van der Waals surface area (Å²) in [5.74, 6) is 0. The Morgan fingerprint density at radius 1 is 1.44 bits per heavy atom. The van der Waals surface area contributed by atoms with Crippen LogP contribution in [0.4, 0.5) is 0 Å². The minimum atomic E-state index is 0. The van der Waals surface area contributed by atoms with Crippen LogP contribution in [0, 0.1) is 4.64 Å². The van der Waals surface area contributed by atoms with Crippen molar-refractivity contribution in [2.75, 3.05) is 0 Å². The number of nitrogens with zero attached hydrogens (tertiary/aromatic N) is 1. The fourth-order valence-corrected chi connectivity index (χ4v) is 0.558. The Bertz CT molecular complexity index is 234. The maximum absolute atomic E-state index is 8.73. The van der Waals surface area contributed by atoms with Crippen LogP contribution < -0.4 is 0 Å². The van der Waals surface area contributed by atoms with Gasteiger partial charge < -0.3 is 5.21 Å². The van der Waals surface area contributed by atoms with E-state index in [4.69, 9.17) is 5.21 Å². The summed E-state index contributed by atoms with van der Waals surface area (Å²) >= 11 is 4.67. The fraction of sp³-hybridized carbons (Fsp3) is 0. The Balaban J connectivity index is 0.000000640. The largest absolute Gasteiger partial charge is 0.428 e. The van der Waals surface area contributed by atoms with Gasteiger partial charge >= 0.3 is 0 Å². The van der Waals surface area contributed by atoms with Gasteiger partial charge in [0.05, 0.1) is 0 Å². The molecule has 0 aliphatic heterocycles. The smallest absolute Gasteiger partial charge is 0.142 e. The summed E-state index contributed by atoms with van der Waals surface area (Å²) in [5, 5.41) is 8.73. The SMILES string of the molecule is On1ccccc1=S.[Ti]. The molecule has 46 valence electrons. The molecule has 0 radical (unpaired) electrons. The average molecular weight is 175 g/mol. The molecule has 0 fully saturated rings. The Labute approximate surface area is 73.0 Å². The molecule has 0 aromatic carbocycles. The van der Waals surface area contributed by atoms with Gasteiger partial charge in [-0.25, -0.2) is 0 Å². The Morgan fingerprint density at radius 2 is 2.11 bits per heavy atom. The van der Waals surface area contributed by atoms with Crippen LogP contribution in [0.2, 0.25) is 0 Å². The van der Waals surface area contributed by atoms with E-state index in [9.17, 15) is 0 Å². The van der Waals surface area contributed by atoms with Crippen molar-refractivity contribution in [2.24, 2.45) is 0 Å². The van der Waals surface area contributed by atoms with Gasteiger partial charge in [0.1, 0.15) is 4.64 Å². The molecule has 0 saturated heterocycles. The van der Waals surface area contributed by atoms with Crippen molar-refractivity contribution in [2.45, 2.75) is 0 Å². The first-order chi connectivity index (χ1) is 3.80. The monoisotopic (exact) mass is 175 g/mol. The maximum Gasteiger partial charge on any atom is 0.142 e. The second-order valence-electron chi connectivity index (χ2n) is 1.38. The van der Waals surface area contributed by atoms with E-state index in [2.05, 4.69) is 12.2 Å². The summed E-state index contributed by atoms with van der Waals surface area (Å²) < 4.78 is 1.32. The van der Waals surface area contributed by atoms with Crippen LogP contribution in [-0.2, 0) is 21.7 Å². The molecule has 0 spiro atoms. The molecule has 1 aromatic rings. The molecule has 1 rings (SSSR count). The molecule has 2 nitrogen and oxygen atoms in total. The number of rotatable bonds is 0. The molecule has 9 heavy (non-hydrogen) atoms. The van der Waals surface area contributed by atoms with Gasteiger partial charge in [0.2, 0.25) is 0 Å². The minimum absolute atomic E-state index is 0. The van der Waals surface area contributed by atoms with E-state index in [1.165, 1.54) is 6.20 Å². The van der Waals surface area contributed by atoms with E-state index in [0.717, 1.165) is 4.73 Å². The molecule has 1 heterocycles. The average Bonchev–Trinajstić information content (AvgIpc) is 1.77. The van der Waals surface area contributed by atoms with E-state index >= 15 is 0 Å². The van der Waals surface area contributed by atoms with Gasteiger partial charge in [-0.1, -0.05) is 18.3 Å². The molecule has 0 atom stereocenters. The molecule has 0 aliphatic rings. The van der Waals surface area contributed by atoms with Crippen molar-refractivity contribution in [3.63, 3.8) is 0 Å². The zero-order valence-corrected chi connectivity index (χ0v) is 6.99. The summed E-state index contributed by atoms with van der Waals surface area (Å²) in [6.45, 7) is 0. The van der Waals surface area contributed by atoms with Crippen molar-refractivity contribution in [1.29, 1.82) is 0 Å². The molecule has 0 amide bonds. The second-order valence-corrected chi connectivity index (χ2v) is 1.80. The summed E-state index contributed by atoms with van der Waals surface area (Å²) in [4.78, 5) is 0. The topological polar surface area (TPSA) is 25.2 Å². The third-order valence-corrected chi connectivity index (χ3v) is 1.13. The summed E-state index contributed by atoms with van der Waals surface area (Å²) in [6.07, 6.45) is 1.49. The molecule has 0 saturated carbocycles. The van der Waals surface area contributed by atoms with Crippen LogP contribution in [0.1, 0.15) is 0 Å². The van der Waals surface area contributed by atoms with Gasteiger partial charge in [0.25, 0.3) is 0 Å². The van der Waals surface area contributed by atoms with Crippen molar-refractivity contribution in [3.8, 4) is 0 Å². The first-order valence-electron chi connectivity index (χ1n) is 2.17. The van der Waals surface area contributed by atoms with Gasteiger partial charge in [-0.3, -0.25) is 0 Å². The van der Waals surface area contributed by atoms with E-state index in [-0.39, 0.29) is 21.7 Å². The molecule has 1 N–H and O–H groups in total. The molecular formula is C5H5NOSTi. The van der Waals surface area contributed by atoms with E-state index in [1.54, 1.807) is 18.2 Å². The standard InChI is InChI=1S/C5H5NOS.Ti/c7-6-4-2-1-3-5(6)8;/h1-4,7H;. The Morgan fingerprint density at radius 3 is 2.44 bits per heavy atom. The number of aromatic nitrogens is 1. The van der Waals surface area contributed by atoms with E-state index in [0.29, 0.717) is 4.64 Å². The predicted octanol–water partition coefficient (Wildman–Crippen LogP) is 1.45. The first-order valence-corrected chi connectivity index (χ1v) is 2.58. The van der Waals surface area contributed by atoms with E-state index in [1.807, 2.05) is 0 Å². The van der Waals surface area contributed by atoms with Gasteiger partial charge in [0, 0.05) is 27.9 Å². The quantitative estimate of drug-likeness (QED) is 0.366. The second kappa shape index (κ2) is 3.82. The normalized spacial score (nSPS) is 8.00. The number of hydrogen-bond donors (Lipinski definition) is 1. The molecule has 0 bridgehead atoms. The molecular weight excluding hydrogens is 170 g/mol. The molecule has 4 heteroatoms. The van der Waals surface area contributed by atoms with Crippen molar-refractivity contribution in [3.05, 3.63) is 29.0 Å². The third kappa shape index (κ3) is 2.30. The van der Waals surface area contributed by atoms with Crippen LogP contribution in [0.25, 0.3) is 0 Å². The van der Waals surface area contributed by atoms with Crippen molar-refractivity contribution >= 4 is 12.2 Å². The number of pyridine rings is 1.